The predicted molar refractivity (Wildman–Crippen MR) is 122 cm³/mol. The van der Waals surface area contributed by atoms with Crippen molar-refractivity contribution < 1.29 is 9.59 Å². The molecule has 160 valence electrons. The average molecular weight is 408 g/mol. The summed E-state index contributed by atoms with van der Waals surface area (Å²) in [4.78, 5) is 30.0. The molecule has 1 aromatic rings. The SMILES string of the molecule is C=CCC1(CC=C)CCCN1C(=O)CC1C(=O)NCCN1CC=Cc1ccccc1. The molecule has 0 aromatic heterocycles. The van der Waals surface area contributed by atoms with Crippen molar-refractivity contribution in [1.29, 1.82) is 0 Å². The molecule has 2 saturated heterocycles. The molecule has 1 aromatic carbocycles. The number of piperazine rings is 1. The van der Waals surface area contributed by atoms with Gasteiger partial charge in [0.15, 0.2) is 0 Å². The minimum Gasteiger partial charge on any atom is -0.353 e. The number of likely N-dealkylation sites (tertiary alicyclic amines) is 1. The topological polar surface area (TPSA) is 52.7 Å². The molecule has 3 rings (SSSR count). The van der Waals surface area contributed by atoms with Crippen molar-refractivity contribution in [3.05, 3.63) is 67.3 Å². The van der Waals surface area contributed by atoms with Gasteiger partial charge >= 0.3 is 0 Å². The highest BCUT2D eigenvalue weighted by Gasteiger charge is 2.43. The van der Waals surface area contributed by atoms with Gasteiger partial charge in [-0.05, 0) is 31.2 Å². The Morgan fingerprint density at radius 2 is 1.90 bits per heavy atom. The van der Waals surface area contributed by atoms with Gasteiger partial charge in [0.25, 0.3) is 0 Å². The molecule has 2 heterocycles. The Labute approximate surface area is 180 Å². The first kappa shape index (κ1) is 22.0. The summed E-state index contributed by atoms with van der Waals surface area (Å²) in [6.45, 7) is 10.5. The number of benzene rings is 1. The van der Waals surface area contributed by atoms with E-state index in [-0.39, 0.29) is 23.8 Å². The van der Waals surface area contributed by atoms with Gasteiger partial charge in [0.2, 0.25) is 11.8 Å². The number of nitrogens with zero attached hydrogens (tertiary/aromatic N) is 2. The normalized spacial score (nSPS) is 21.5. The zero-order valence-electron chi connectivity index (χ0n) is 17.8. The van der Waals surface area contributed by atoms with Gasteiger partial charge in [0, 0.05) is 31.7 Å². The molecule has 5 heteroatoms. The number of nitrogens with one attached hydrogen (secondary N) is 1. The maximum absolute atomic E-state index is 13.3. The van der Waals surface area contributed by atoms with Crippen LogP contribution in [0.25, 0.3) is 6.08 Å². The Morgan fingerprint density at radius 3 is 2.60 bits per heavy atom. The number of rotatable bonds is 9. The van der Waals surface area contributed by atoms with Crippen LogP contribution >= 0.6 is 0 Å². The monoisotopic (exact) mass is 407 g/mol. The van der Waals surface area contributed by atoms with Gasteiger partial charge < -0.3 is 10.2 Å². The summed E-state index contributed by atoms with van der Waals surface area (Å²) in [5.74, 6) is -0.00441. The van der Waals surface area contributed by atoms with E-state index in [9.17, 15) is 9.59 Å². The second-order valence-electron chi connectivity index (χ2n) is 8.18. The maximum atomic E-state index is 13.3. The summed E-state index contributed by atoms with van der Waals surface area (Å²) in [6.07, 6.45) is 11.6. The van der Waals surface area contributed by atoms with Crippen molar-refractivity contribution in [3.8, 4) is 0 Å². The molecule has 30 heavy (non-hydrogen) atoms. The van der Waals surface area contributed by atoms with Crippen molar-refractivity contribution in [2.24, 2.45) is 0 Å². The minimum absolute atomic E-state index is 0.0512. The van der Waals surface area contributed by atoms with Gasteiger partial charge in [0.1, 0.15) is 0 Å². The van der Waals surface area contributed by atoms with Crippen molar-refractivity contribution >= 4 is 17.9 Å². The number of carbonyl (C=O) groups excluding carboxylic acids is 2. The summed E-state index contributed by atoms with van der Waals surface area (Å²) in [6, 6.07) is 9.66. The Balaban J connectivity index is 1.69. The minimum atomic E-state index is -0.433. The third kappa shape index (κ3) is 5.08. The van der Waals surface area contributed by atoms with Crippen molar-refractivity contribution in [1.82, 2.24) is 15.1 Å². The second-order valence-corrected chi connectivity index (χ2v) is 8.18. The fraction of sp³-hybridized carbons (Fsp3) is 0.440. The van der Waals surface area contributed by atoms with Crippen LogP contribution in [0.4, 0.5) is 0 Å². The Hall–Kier alpha value is -2.66. The summed E-state index contributed by atoms with van der Waals surface area (Å²) in [5, 5.41) is 2.93. The lowest BCUT2D eigenvalue weighted by atomic mass is 9.87. The Kier molecular flexibility index (Phi) is 7.63. The Morgan fingerprint density at radius 1 is 1.17 bits per heavy atom. The summed E-state index contributed by atoms with van der Waals surface area (Å²) in [7, 11) is 0. The molecule has 2 aliphatic heterocycles. The fourth-order valence-electron chi connectivity index (χ4n) is 4.74. The lowest BCUT2D eigenvalue weighted by Gasteiger charge is -2.40. The lowest BCUT2D eigenvalue weighted by molar-refractivity contribution is -0.141. The first-order valence-electron chi connectivity index (χ1n) is 10.9. The van der Waals surface area contributed by atoms with Crippen LogP contribution in [0.15, 0.2) is 61.7 Å². The van der Waals surface area contributed by atoms with Gasteiger partial charge in [-0.1, -0.05) is 54.6 Å². The molecule has 2 aliphatic rings. The maximum Gasteiger partial charge on any atom is 0.237 e. The molecular weight excluding hydrogens is 374 g/mol. The summed E-state index contributed by atoms with van der Waals surface area (Å²) >= 11 is 0. The van der Waals surface area contributed by atoms with Crippen LogP contribution in [0.2, 0.25) is 0 Å². The average Bonchev–Trinajstić information content (AvgIpc) is 3.15. The van der Waals surface area contributed by atoms with E-state index in [1.165, 1.54) is 0 Å². The molecule has 5 nitrogen and oxygen atoms in total. The van der Waals surface area contributed by atoms with E-state index >= 15 is 0 Å². The van der Waals surface area contributed by atoms with Crippen LogP contribution in [0, 0.1) is 0 Å². The number of carbonyl (C=O) groups is 2. The highest BCUT2D eigenvalue weighted by Crippen LogP contribution is 2.37. The molecule has 0 saturated carbocycles. The molecule has 2 fully saturated rings. The van der Waals surface area contributed by atoms with Crippen molar-refractivity contribution in [2.75, 3.05) is 26.2 Å². The smallest absolute Gasteiger partial charge is 0.237 e. The van der Waals surface area contributed by atoms with Gasteiger partial charge in [-0.3, -0.25) is 14.5 Å². The number of hydrogen-bond acceptors (Lipinski definition) is 3. The molecule has 0 radical (unpaired) electrons. The van der Waals surface area contributed by atoms with Crippen molar-refractivity contribution in [2.45, 2.75) is 43.7 Å². The van der Waals surface area contributed by atoms with Crippen LogP contribution < -0.4 is 5.32 Å². The molecule has 0 spiro atoms. The number of hydrogen-bond donors (Lipinski definition) is 1. The van der Waals surface area contributed by atoms with E-state index in [0.29, 0.717) is 13.1 Å². The lowest BCUT2D eigenvalue weighted by Crippen LogP contribution is -2.57. The van der Waals surface area contributed by atoms with Gasteiger partial charge in [-0.25, -0.2) is 0 Å². The van der Waals surface area contributed by atoms with E-state index in [4.69, 9.17) is 0 Å². The quantitative estimate of drug-likeness (QED) is 0.639. The first-order chi connectivity index (χ1) is 14.6. The predicted octanol–water partition coefficient (Wildman–Crippen LogP) is 3.40. The van der Waals surface area contributed by atoms with E-state index in [0.717, 1.165) is 44.3 Å². The molecule has 2 amide bonds. The number of amides is 2. The van der Waals surface area contributed by atoms with Gasteiger partial charge in [-0.15, -0.1) is 13.2 Å². The Bertz CT molecular complexity index is 777. The van der Waals surface area contributed by atoms with Crippen LogP contribution in [-0.2, 0) is 9.59 Å². The standard InChI is InChI=1S/C25H33N3O2/c1-3-13-25(14-4-2)15-9-18-28(25)23(29)20-22-24(30)26-16-19-27(22)17-8-12-21-10-6-5-7-11-21/h3-8,10-12,22H,1-2,9,13-20H2,(H,26,30). The van der Waals surface area contributed by atoms with Crippen LogP contribution in [0.1, 0.15) is 37.7 Å². The molecule has 1 N–H and O–H groups in total. The zero-order valence-corrected chi connectivity index (χ0v) is 17.8. The van der Waals surface area contributed by atoms with E-state index in [1.54, 1.807) is 0 Å². The third-order valence-electron chi connectivity index (χ3n) is 6.21. The zero-order chi connectivity index (χ0) is 21.4. The van der Waals surface area contributed by atoms with E-state index in [2.05, 4.69) is 35.5 Å². The molecule has 0 bridgehead atoms. The van der Waals surface area contributed by atoms with Crippen LogP contribution in [-0.4, -0.2) is 59.4 Å². The third-order valence-corrected chi connectivity index (χ3v) is 6.21. The highest BCUT2D eigenvalue weighted by atomic mass is 16.2. The van der Waals surface area contributed by atoms with E-state index in [1.807, 2.05) is 47.4 Å². The van der Waals surface area contributed by atoms with Gasteiger partial charge in [0.05, 0.1) is 12.5 Å². The highest BCUT2D eigenvalue weighted by molar-refractivity contribution is 5.89. The largest absolute Gasteiger partial charge is 0.353 e. The van der Waals surface area contributed by atoms with E-state index < -0.39 is 6.04 Å². The van der Waals surface area contributed by atoms with Crippen molar-refractivity contribution in [3.63, 3.8) is 0 Å². The second kappa shape index (κ2) is 10.4. The molecule has 1 unspecified atom stereocenters. The van der Waals surface area contributed by atoms with Gasteiger partial charge in [-0.2, -0.15) is 0 Å². The fourth-order valence-corrected chi connectivity index (χ4v) is 4.74. The first-order valence-corrected chi connectivity index (χ1v) is 10.9. The van der Waals surface area contributed by atoms with Crippen LogP contribution in [0.3, 0.4) is 0 Å². The summed E-state index contributed by atoms with van der Waals surface area (Å²) in [5.41, 5.74) is 0.895. The molecule has 1 atom stereocenters. The molecule has 0 aliphatic carbocycles. The summed E-state index contributed by atoms with van der Waals surface area (Å²) < 4.78 is 0. The molecular formula is C25H33N3O2. The van der Waals surface area contributed by atoms with Crippen LogP contribution in [0.5, 0.6) is 0 Å².